The lowest BCUT2D eigenvalue weighted by atomic mass is 10.1. The van der Waals surface area contributed by atoms with E-state index in [1.807, 2.05) is 36.5 Å². The average Bonchev–Trinajstić information content (AvgIpc) is 2.85. The maximum absolute atomic E-state index is 13.4. The van der Waals surface area contributed by atoms with Crippen molar-refractivity contribution in [1.82, 2.24) is 4.48 Å². The molecule has 4 heteroatoms. The Kier molecular flexibility index (Phi) is 2.43. The smallest absolute Gasteiger partial charge is 0.242 e. The minimum Gasteiger partial charge on any atom is -0.242 e. The van der Waals surface area contributed by atoms with Crippen LogP contribution in [-0.4, -0.2) is 19.1 Å². The molecular weight excluding hydrogens is 265 g/mol. The van der Waals surface area contributed by atoms with Gasteiger partial charge in [-0.2, -0.15) is 4.99 Å². The number of quaternary nitrogens is 1. The Morgan fingerprint density at radius 3 is 2.76 bits per heavy atom. The molecule has 0 radical (unpaired) electrons. The monoisotopic (exact) mass is 278 g/mol. The molecule has 2 aromatic rings. The zero-order valence-electron chi connectivity index (χ0n) is 11.5. The van der Waals surface area contributed by atoms with E-state index in [4.69, 9.17) is 0 Å². The van der Waals surface area contributed by atoms with Crippen LogP contribution in [0.15, 0.2) is 64.7 Å². The van der Waals surface area contributed by atoms with Crippen LogP contribution in [0.2, 0.25) is 0 Å². The highest BCUT2D eigenvalue weighted by atomic mass is 19.1. The number of amidine groups is 1. The molecule has 2 heterocycles. The molecule has 0 aliphatic carbocycles. The molecule has 21 heavy (non-hydrogen) atoms. The van der Waals surface area contributed by atoms with E-state index in [1.54, 1.807) is 12.3 Å². The van der Waals surface area contributed by atoms with Gasteiger partial charge < -0.3 is 0 Å². The Labute approximate surface area is 122 Å². The van der Waals surface area contributed by atoms with Gasteiger partial charge in [-0.25, -0.2) is 13.9 Å². The molecule has 0 amide bonds. The van der Waals surface area contributed by atoms with Crippen molar-refractivity contribution in [2.45, 2.75) is 0 Å². The number of rotatable bonds is 1. The van der Waals surface area contributed by atoms with Gasteiger partial charge in [0.15, 0.2) is 5.69 Å². The largest absolute Gasteiger partial charge is 0.256 e. The zero-order chi connectivity index (χ0) is 14.4. The van der Waals surface area contributed by atoms with Crippen LogP contribution in [0.5, 0.6) is 0 Å². The second kappa shape index (κ2) is 4.20. The standard InChI is InChI=1S/C17H13FN3/c1-21-11-15(12-5-4-6-13(18)9-12)20-17(21)10-19-14-7-2-3-8-16(14)21/h2-11H,1H3/q+1. The molecule has 0 N–H and O–H groups in total. The number of fused-ring (bicyclic) bond motifs is 3. The minimum atomic E-state index is -0.254. The molecule has 1 atom stereocenters. The number of aliphatic imine (C=N–C) groups is 2. The predicted octanol–water partition coefficient (Wildman–Crippen LogP) is 3.89. The van der Waals surface area contributed by atoms with Crippen molar-refractivity contribution in [2.24, 2.45) is 9.98 Å². The molecule has 0 saturated carbocycles. The van der Waals surface area contributed by atoms with Crippen molar-refractivity contribution in [1.29, 1.82) is 0 Å². The van der Waals surface area contributed by atoms with Crippen molar-refractivity contribution in [3.05, 3.63) is 66.1 Å². The molecule has 102 valence electrons. The van der Waals surface area contributed by atoms with E-state index in [0.29, 0.717) is 4.48 Å². The third kappa shape index (κ3) is 1.76. The highest BCUT2D eigenvalue weighted by Crippen LogP contribution is 2.40. The van der Waals surface area contributed by atoms with Gasteiger partial charge in [0, 0.05) is 11.6 Å². The summed E-state index contributed by atoms with van der Waals surface area (Å²) < 4.78 is 13.9. The van der Waals surface area contributed by atoms with Gasteiger partial charge in [0.2, 0.25) is 0 Å². The summed E-state index contributed by atoms with van der Waals surface area (Å²) in [7, 11) is 2.06. The van der Waals surface area contributed by atoms with Crippen molar-refractivity contribution in [2.75, 3.05) is 7.05 Å². The fourth-order valence-electron chi connectivity index (χ4n) is 2.79. The van der Waals surface area contributed by atoms with Crippen LogP contribution in [0.4, 0.5) is 15.8 Å². The normalized spacial score (nSPS) is 22.4. The van der Waals surface area contributed by atoms with E-state index < -0.39 is 0 Å². The van der Waals surface area contributed by atoms with Gasteiger partial charge in [-0.15, -0.1) is 0 Å². The third-order valence-electron chi connectivity index (χ3n) is 3.91. The SMILES string of the molecule is C[N+]12C=C(c3cccc(F)c3)N=C1C=Nc1ccccc12. The molecule has 0 fully saturated rings. The first-order chi connectivity index (χ1) is 10.2. The van der Waals surface area contributed by atoms with E-state index >= 15 is 0 Å². The first kappa shape index (κ1) is 12.2. The summed E-state index contributed by atoms with van der Waals surface area (Å²) in [5.74, 6) is 0.586. The lowest BCUT2D eigenvalue weighted by Gasteiger charge is -2.28. The third-order valence-corrected chi connectivity index (χ3v) is 3.91. The van der Waals surface area contributed by atoms with Gasteiger partial charge in [0.05, 0.1) is 7.05 Å². The summed E-state index contributed by atoms with van der Waals surface area (Å²) in [5, 5.41) is 0. The second-order valence-electron chi connectivity index (χ2n) is 5.32. The first-order valence-electron chi connectivity index (χ1n) is 6.75. The van der Waals surface area contributed by atoms with Gasteiger partial charge in [-0.05, 0) is 18.2 Å². The average molecular weight is 278 g/mol. The molecule has 0 bridgehead atoms. The van der Waals surface area contributed by atoms with Gasteiger partial charge >= 0.3 is 0 Å². The van der Waals surface area contributed by atoms with E-state index in [2.05, 4.69) is 17.0 Å². The van der Waals surface area contributed by atoms with Crippen LogP contribution in [0.1, 0.15) is 5.56 Å². The Balaban J connectivity index is 1.89. The van der Waals surface area contributed by atoms with Crippen LogP contribution in [0.25, 0.3) is 5.70 Å². The summed E-state index contributed by atoms with van der Waals surface area (Å²) in [6.07, 6.45) is 3.82. The summed E-state index contributed by atoms with van der Waals surface area (Å²) in [4.78, 5) is 9.07. The Morgan fingerprint density at radius 1 is 1.05 bits per heavy atom. The van der Waals surface area contributed by atoms with Crippen LogP contribution in [-0.2, 0) is 0 Å². The topological polar surface area (TPSA) is 24.7 Å². The molecule has 0 saturated heterocycles. The zero-order valence-corrected chi connectivity index (χ0v) is 11.5. The maximum atomic E-state index is 13.4. The highest BCUT2D eigenvalue weighted by molar-refractivity contribution is 6.38. The second-order valence-corrected chi connectivity index (χ2v) is 5.32. The van der Waals surface area contributed by atoms with Gasteiger partial charge in [0.25, 0.3) is 5.84 Å². The summed E-state index contributed by atoms with van der Waals surface area (Å²) in [5.41, 5.74) is 3.57. The highest BCUT2D eigenvalue weighted by Gasteiger charge is 2.39. The molecule has 3 nitrogen and oxygen atoms in total. The molecular formula is C17H13FN3+. The van der Waals surface area contributed by atoms with Crippen LogP contribution in [0.3, 0.4) is 0 Å². The summed E-state index contributed by atoms with van der Waals surface area (Å²) in [6, 6.07) is 14.5. The Hall–Kier alpha value is -2.59. The molecule has 0 spiro atoms. The summed E-state index contributed by atoms with van der Waals surface area (Å²) >= 11 is 0. The number of benzene rings is 2. The molecule has 2 aromatic carbocycles. The van der Waals surface area contributed by atoms with Gasteiger partial charge in [-0.3, -0.25) is 0 Å². The van der Waals surface area contributed by atoms with E-state index in [1.165, 1.54) is 12.1 Å². The number of hydrogen-bond acceptors (Lipinski definition) is 2. The number of nitrogens with zero attached hydrogens (tertiary/aromatic N) is 3. The van der Waals surface area contributed by atoms with Crippen molar-refractivity contribution >= 4 is 29.1 Å². The fourth-order valence-corrected chi connectivity index (χ4v) is 2.79. The van der Waals surface area contributed by atoms with Crippen molar-refractivity contribution in [3.8, 4) is 0 Å². The predicted molar refractivity (Wildman–Crippen MR) is 84.1 cm³/mol. The van der Waals surface area contributed by atoms with Crippen LogP contribution >= 0.6 is 0 Å². The lowest BCUT2D eigenvalue weighted by molar-refractivity contribution is 0.627. The minimum absolute atomic E-state index is 0.254. The molecule has 2 aliphatic rings. The number of halogens is 1. The lowest BCUT2D eigenvalue weighted by Crippen LogP contribution is -2.45. The van der Waals surface area contributed by atoms with Crippen LogP contribution < -0.4 is 4.48 Å². The van der Waals surface area contributed by atoms with E-state index in [-0.39, 0.29) is 5.82 Å². The molecule has 0 aromatic heterocycles. The number of para-hydroxylation sites is 2. The van der Waals surface area contributed by atoms with Gasteiger partial charge in [-0.1, -0.05) is 24.3 Å². The molecule has 2 aliphatic heterocycles. The quantitative estimate of drug-likeness (QED) is 0.707. The van der Waals surface area contributed by atoms with Crippen LogP contribution in [0, 0.1) is 5.82 Å². The fraction of sp³-hybridized carbons (Fsp3) is 0.0588. The van der Waals surface area contributed by atoms with E-state index in [9.17, 15) is 4.39 Å². The molecule has 1 unspecified atom stereocenters. The summed E-state index contributed by atoms with van der Waals surface area (Å²) in [6.45, 7) is 0. The first-order valence-corrected chi connectivity index (χ1v) is 6.75. The van der Waals surface area contributed by atoms with Crippen molar-refractivity contribution in [3.63, 3.8) is 0 Å². The molecule has 4 rings (SSSR count). The maximum Gasteiger partial charge on any atom is 0.256 e. The van der Waals surface area contributed by atoms with E-state index in [0.717, 1.165) is 28.5 Å². The number of hydrogen-bond donors (Lipinski definition) is 0. The van der Waals surface area contributed by atoms with Gasteiger partial charge in [0.1, 0.15) is 29.6 Å². The Morgan fingerprint density at radius 2 is 1.90 bits per heavy atom. The Bertz CT molecular complexity index is 835. The van der Waals surface area contributed by atoms with Crippen molar-refractivity contribution < 1.29 is 4.39 Å².